The average molecular weight is 887 g/mol. The number of nitrogens with zero attached hydrogens (tertiary/aromatic N) is 2. The van der Waals surface area contributed by atoms with Gasteiger partial charge >= 0.3 is 0 Å². The van der Waals surface area contributed by atoms with E-state index in [4.69, 9.17) is 19.2 Å². The van der Waals surface area contributed by atoms with E-state index >= 15 is 0 Å². The van der Waals surface area contributed by atoms with Crippen LogP contribution in [0.1, 0.15) is 86.2 Å². The number of methoxy groups -OCH3 is 1. The molecule has 2 aromatic heterocycles. The summed E-state index contributed by atoms with van der Waals surface area (Å²) in [6.45, 7) is 5.64. The Balaban J connectivity index is 1.23. The molecule has 1 aromatic carbocycles. The predicted molar refractivity (Wildman–Crippen MR) is 218 cm³/mol. The van der Waals surface area contributed by atoms with E-state index in [-0.39, 0.29) is 31.4 Å². The number of rotatable bonds is 10. The van der Waals surface area contributed by atoms with Gasteiger partial charge in [0.25, 0.3) is 11.8 Å². The van der Waals surface area contributed by atoms with Crippen LogP contribution in [0.3, 0.4) is 0 Å². The molecule has 4 aliphatic rings. The monoisotopic (exact) mass is 885 g/mol. The van der Waals surface area contributed by atoms with Gasteiger partial charge in [0.2, 0.25) is 27.7 Å². The van der Waals surface area contributed by atoms with Crippen molar-refractivity contribution in [1.29, 1.82) is 0 Å². The van der Waals surface area contributed by atoms with Crippen LogP contribution in [0.5, 0.6) is 17.4 Å². The van der Waals surface area contributed by atoms with Gasteiger partial charge in [-0.2, -0.15) is 0 Å². The van der Waals surface area contributed by atoms with Gasteiger partial charge in [0, 0.05) is 28.7 Å². The molecule has 7 rings (SSSR count). The van der Waals surface area contributed by atoms with Crippen molar-refractivity contribution in [2.75, 3.05) is 13.7 Å². The number of nitrogens with one attached hydrogen (secondary N) is 3. The maximum atomic E-state index is 14.7. The third-order valence-corrected chi connectivity index (χ3v) is 14.4. The summed E-state index contributed by atoms with van der Waals surface area (Å²) in [5.74, 6) is -1.40. The molecular weight excluding hydrogens is 839 g/mol. The molecule has 3 fully saturated rings. The first-order valence-electron chi connectivity index (χ1n) is 19.4. The van der Waals surface area contributed by atoms with E-state index < -0.39 is 62.6 Å². The molecule has 0 spiro atoms. The molecule has 0 radical (unpaired) electrons. The molecule has 0 bridgehead atoms. The number of sulfonamides is 1. The van der Waals surface area contributed by atoms with Crippen LogP contribution in [0.4, 0.5) is 0 Å². The number of ether oxygens (including phenoxy) is 3. The molecule has 17 heteroatoms. The molecule has 2 aliphatic heterocycles. The number of fused-ring (bicyclic) bond motifs is 3. The predicted octanol–water partition coefficient (Wildman–Crippen LogP) is 5.31. The number of halogens is 1. The minimum Gasteiger partial charge on any atom is -0.495 e. The van der Waals surface area contributed by atoms with Crippen molar-refractivity contribution in [2.45, 2.75) is 114 Å². The molecule has 4 heterocycles. The minimum atomic E-state index is -3.90. The van der Waals surface area contributed by atoms with Crippen LogP contribution >= 0.6 is 27.3 Å². The Hall–Kier alpha value is -4.22. The van der Waals surface area contributed by atoms with Crippen molar-refractivity contribution >= 4 is 71.8 Å². The quantitative estimate of drug-likeness (QED) is 0.226. The maximum absolute atomic E-state index is 14.7. The molecule has 4 amide bonds. The van der Waals surface area contributed by atoms with E-state index in [1.165, 1.54) is 16.2 Å². The normalized spacial score (nSPS) is 26.0. The molecule has 2 aliphatic carbocycles. The fraction of sp³-hybridized carbons (Fsp3) is 0.525. The zero-order valence-corrected chi connectivity index (χ0v) is 35.6. The Morgan fingerprint density at radius 1 is 1.09 bits per heavy atom. The van der Waals surface area contributed by atoms with Crippen molar-refractivity contribution < 1.29 is 41.8 Å². The maximum Gasteiger partial charge on any atom is 0.262 e. The topological polar surface area (TPSA) is 182 Å². The van der Waals surface area contributed by atoms with E-state index in [9.17, 15) is 27.6 Å². The van der Waals surface area contributed by atoms with Crippen molar-refractivity contribution in [3.05, 3.63) is 56.7 Å². The number of pyridine rings is 1. The zero-order valence-electron chi connectivity index (χ0n) is 32.3. The fourth-order valence-corrected chi connectivity index (χ4v) is 10.3. The first-order valence-corrected chi connectivity index (χ1v) is 22.6. The average Bonchev–Trinajstić information content (AvgIpc) is 4.05. The molecule has 306 valence electrons. The Labute approximate surface area is 344 Å². The number of aryl methyl sites for hydroxylation is 1. The van der Waals surface area contributed by atoms with Gasteiger partial charge in [-0.3, -0.25) is 23.9 Å². The highest BCUT2D eigenvalue weighted by atomic mass is 79.9. The summed E-state index contributed by atoms with van der Waals surface area (Å²) >= 11 is 4.93. The van der Waals surface area contributed by atoms with E-state index in [0.29, 0.717) is 69.7 Å². The largest absolute Gasteiger partial charge is 0.495 e. The van der Waals surface area contributed by atoms with Gasteiger partial charge in [-0.25, -0.2) is 13.4 Å². The SMILES string of the molecule is COc1ccc2c(O[C@@H]3C[C@H]4C(=O)N[C@]5(C(=O)NS(=O)(=O)C6CC6)C[C@H]5/C=C\CCCCC[C@H](NC(=O)c5ccc(C)s5)C(=O)N4C3)cc(OC(C)C)nc2c1Br. The summed E-state index contributed by atoms with van der Waals surface area (Å²) in [5.41, 5.74) is -0.985. The Morgan fingerprint density at radius 2 is 1.88 bits per heavy atom. The van der Waals surface area contributed by atoms with Gasteiger partial charge in [0.1, 0.15) is 35.2 Å². The summed E-state index contributed by atoms with van der Waals surface area (Å²) in [4.78, 5) is 64.1. The number of hydrogen-bond acceptors (Lipinski definition) is 11. The van der Waals surface area contributed by atoms with Gasteiger partial charge in [0.05, 0.1) is 39.9 Å². The van der Waals surface area contributed by atoms with Crippen LogP contribution < -0.4 is 29.6 Å². The Kier molecular flexibility index (Phi) is 11.9. The number of benzene rings is 1. The number of hydrogen-bond donors (Lipinski definition) is 3. The second-order valence-corrected chi connectivity index (χ2v) is 19.6. The first kappa shape index (κ1) is 41.0. The van der Waals surface area contributed by atoms with Crippen LogP contribution in [0.15, 0.2) is 47.0 Å². The second-order valence-electron chi connectivity index (χ2n) is 15.5. The molecule has 0 unspecified atom stereocenters. The van der Waals surface area contributed by atoms with E-state index in [1.807, 2.05) is 45.1 Å². The Bertz CT molecular complexity index is 2210. The van der Waals surface area contributed by atoms with Crippen LogP contribution in [0.2, 0.25) is 0 Å². The van der Waals surface area contributed by atoms with Crippen LogP contribution in [0, 0.1) is 12.8 Å². The molecule has 3 aromatic rings. The number of carbonyl (C=O) groups is 4. The number of amides is 4. The number of aromatic nitrogens is 1. The second kappa shape index (κ2) is 16.6. The van der Waals surface area contributed by atoms with Crippen molar-refractivity contribution in [1.82, 2.24) is 25.2 Å². The third kappa shape index (κ3) is 8.94. The number of carbonyl (C=O) groups excluding carboxylic acids is 4. The molecule has 14 nitrogen and oxygen atoms in total. The fourth-order valence-electron chi connectivity index (χ4n) is 7.56. The first-order chi connectivity index (χ1) is 27.2. The summed E-state index contributed by atoms with van der Waals surface area (Å²) in [6, 6.07) is 6.76. The lowest BCUT2D eigenvalue weighted by molar-refractivity contribution is -0.141. The lowest BCUT2D eigenvalue weighted by Gasteiger charge is -2.29. The van der Waals surface area contributed by atoms with Crippen molar-refractivity contribution in [3.8, 4) is 17.4 Å². The van der Waals surface area contributed by atoms with Crippen LogP contribution in [0.25, 0.3) is 10.9 Å². The van der Waals surface area contributed by atoms with Gasteiger partial charge in [-0.05, 0) is 99.5 Å². The Morgan fingerprint density at radius 3 is 2.58 bits per heavy atom. The lowest BCUT2D eigenvalue weighted by atomic mass is 10.0. The van der Waals surface area contributed by atoms with E-state index in [1.54, 1.807) is 25.3 Å². The summed E-state index contributed by atoms with van der Waals surface area (Å²) in [5, 5.41) is 5.87. The van der Waals surface area contributed by atoms with Crippen molar-refractivity contribution in [2.24, 2.45) is 5.92 Å². The molecular formula is C40H48BrN5O9S2. The summed E-state index contributed by atoms with van der Waals surface area (Å²) in [7, 11) is -2.35. The smallest absolute Gasteiger partial charge is 0.262 e. The van der Waals surface area contributed by atoms with E-state index in [2.05, 4.69) is 31.3 Å². The van der Waals surface area contributed by atoms with Gasteiger partial charge < -0.3 is 29.7 Å². The van der Waals surface area contributed by atoms with Crippen molar-refractivity contribution in [3.63, 3.8) is 0 Å². The highest BCUT2D eigenvalue weighted by Crippen LogP contribution is 2.46. The van der Waals surface area contributed by atoms with Crippen LogP contribution in [-0.4, -0.2) is 90.7 Å². The third-order valence-electron chi connectivity index (χ3n) is 10.8. The molecule has 5 atom stereocenters. The highest BCUT2D eigenvalue weighted by molar-refractivity contribution is 9.10. The molecule has 1 saturated heterocycles. The summed E-state index contributed by atoms with van der Waals surface area (Å²) < 4.78 is 46.8. The standard InChI is InChI=1S/C40H48BrN5O9S2/c1-22(2)54-33-19-31(27-15-16-30(53-4)34(41)35(27)43-33)55-25-18-29-36(47)44-40(39(50)45-57(51,52)26-13-14-26)20-24(40)10-8-6-5-7-9-11-28(38(49)46(29)21-25)42-37(48)32-17-12-23(3)56-32/h8,10,12,15-17,19,22,24-26,28-29H,5-7,9,11,13-14,18,20-21H2,1-4H3,(H,42,48)(H,44,47)(H,45,50)/b10-8-/t24-,25-,28+,29+,40-/m1/s1. The molecule has 3 N–H and O–H groups in total. The zero-order chi connectivity index (χ0) is 40.6. The number of allylic oxidation sites excluding steroid dienone is 1. The summed E-state index contributed by atoms with van der Waals surface area (Å²) in [6.07, 6.45) is 7.39. The van der Waals surface area contributed by atoms with Gasteiger partial charge in [-0.15, -0.1) is 11.3 Å². The van der Waals surface area contributed by atoms with Crippen LogP contribution in [-0.2, 0) is 24.4 Å². The lowest BCUT2D eigenvalue weighted by Crippen LogP contribution is -2.58. The van der Waals surface area contributed by atoms with E-state index in [0.717, 1.165) is 17.7 Å². The highest BCUT2D eigenvalue weighted by Gasteiger charge is 2.62. The number of thiophene rings is 1. The van der Waals surface area contributed by atoms with Gasteiger partial charge in [-0.1, -0.05) is 25.0 Å². The minimum absolute atomic E-state index is 0.0124. The molecule has 57 heavy (non-hydrogen) atoms. The molecule has 2 saturated carbocycles. The van der Waals surface area contributed by atoms with Gasteiger partial charge in [0.15, 0.2) is 0 Å².